The highest BCUT2D eigenvalue weighted by molar-refractivity contribution is 9.11. The lowest BCUT2D eigenvalue weighted by atomic mass is 9.84. The lowest BCUT2D eigenvalue weighted by molar-refractivity contribution is 0.0695. The first kappa shape index (κ1) is 80.8. The highest BCUT2D eigenvalue weighted by Crippen LogP contribution is 2.50. The van der Waals surface area contributed by atoms with Gasteiger partial charge in [0.05, 0.1) is 62.1 Å². The zero-order valence-corrected chi connectivity index (χ0v) is 64.3. The first-order valence-corrected chi connectivity index (χ1v) is 40.1. The summed E-state index contributed by atoms with van der Waals surface area (Å²) < 4.78 is 41.1. The monoisotopic (exact) mass is 1500 g/mol. The van der Waals surface area contributed by atoms with E-state index in [0.717, 1.165) is 141 Å². The largest absolute Gasteiger partial charge is 0.493 e. The van der Waals surface area contributed by atoms with Crippen LogP contribution in [0.5, 0.6) is 34.5 Å². The normalized spacial score (nSPS) is 12.0. The Hall–Kier alpha value is -6.52. The van der Waals surface area contributed by atoms with E-state index in [-0.39, 0.29) is 27.6 Å². The van der Waals surface area contributed by atoms with E-state index in [1.165, 1.54) is 102 Å². The fourth-order valence-electron chi connectivity index (χ4n) is 13.4. The molecule has 0 fully saturated rings. The van der Waals surface area contributed by atoms with Gasteiger partial charge < -0.3 is 48.8 Å². The third-order valence-corrected chi connectivity index (χ3v) is 20.2. The molecule has 548 valence electrons. The Morgan fingerprint density at radius 2 is 0.560 bits per heavy atom. The van der Waals surface area contributed by atoms with Crippen LogP contribution in [0.3, 0.4) is 0 Å². The van der Waals surface area contributed by atoms with Gasteiger partial charge in [0, 0.05) is 76.7 Å². The summed E-state index contributed by atoms with van der Waals surface area (Å²) in [7, 11) is 0. The molecule has 7 aromatic rings. The van der Waals surface area contributed by atoms with E-state index in [2.05, 4.69) is 73.4 Å². The van der Waals surface area contributed by atoms with E-state index in [4.69, 9.17) is 38.4 Å². The molecular weight excluding hydrogens is 1390 g/mol. The van der Waals surface area contributed by atoms with E-state index in [9.17, 15) is 30.0 Å². The second-order valence-electron chi connectivity index (χ2n) is 27.1. The van der Waals surface area contributed by atoms with Gasteiger partial charge in [0.2, 0.25) is 23.3 Å². The van der Waals surface area contributed by atoms with Crippen LogP contribution in [0.4, 0.5) is 11.4 Å². The van der Waals surface area contributed by atoms with Gasteiger partial charge in [-0.3, -0.25) is 0 Å². The number of halogens is 2. The standard InChI is InChI=1S/C84H116Br2N2O12/c1-7-13-19-25-31-37-47-95-69-53-59(54-70(96-48-38-32-26-20-14-8-2)79(69)99-51-41-35-29-23-17-11-5)87-81(89)63-45-43-61-76-68(86)58-66(84(93)94)74-64(83(91)92)46-44-62(78(74)76)75-67(85)57-65(73(63)77(61)75)82(90)88-60-55-71(97-49-39-33-27-21-15-9-3)80(100-52-42-36-30-24-18-12-6)72(56-60)98-50-40-34-28-22-16-10-4/h43-46,53-58H,7-42,47-52H2,1-6H3,(H,87,89)(H,88,90)(H,91,92)(H,93,94). The molecule has 0 aliphatic rings. The minimum atomic E-state index is -1.29. The van der Waals surface area contributed by atoms with Gasteiger partial charge >= 0.3 is 11.9 Å². The number of carboxylic acids is 2. The van der Waals surface area contributed by atoms with Crippen molar-refractivity contribution in [3.05, 3.63) is 91.9 Å². The zero-order chi connectivity index (χ0) is 71.4. The molecular formula is C84H116Br2N2O12. The van der Waals surface area contributed by atoms with Crippen molar-refractivity contribution in [2.24, 2.45) is 9.98 Å². The number of aliphatic hydroxyl groups excluding tert-OH is 2. The number of benzene rings is 7. The van der Waals surface area contributed by atoms with Crippen molar-refractivity contribution in [2.45, 2.75) is 273 Å². The van der Waals surface area contributed by atoms with Gasteiger partial charge in [-0.05, 0) is 73.6 Å². The molecule has 0 aliphatic carbocycles. The van der Waals surface area contributed by atoms with Crippen LogP contribution in [0.15, 0.2) is 79.6 Å². The van der Waals surface area contributed by atoms with Gasteiger partial charge in [-0.15, -0.1) is 0 Å². The Bertz CT molecular complexity index is 3640. The summed E-state index contributed by atoms with van der Waals surface area (Å²) in [6, 6.07) is 17.0. The molecule has 0 amide bonds. The number of ether oxygens (including phenoxy) is 6. The highest BCUT2D eigenvalue weighted by Gasteiger charge is 2.29. The minimum Gasteiger partial charge on any atom is -0.493 e. The number of aliphatic imine (C=N–C) groups is 2. The number of hydrogen-bond acceptors (Lipinski definition) is 10. The fourth-order valence-corrected chi connectivity index (χ4v) is 14.7. The summed E-state index contributed by atoms with van der Waals surface area (Å²) in [5.74, 6) is -0.456. The molecule has 0 saturated carbocycles. The van der Waals surface area contributed by atoms with Crippen LogP contribution in [0, 0.1) is 0 Å². The van der Waals surface area contributed by atoms with Crippen LogP contribution < -0.4 is 28.4 Å². The maximum absolute atomic E-state index is 13.1. The molecule has 0 aliphatic heterocycles. The second kappa shape index (κ2) is 44.8. The van der Waals surface area contributed by atoms with E-state index >= 15 is 0 Å². The number of nitrogens with zero attached hydrogens (tertiary/aromatic N) is 2. The van der Waals surface area contributed by atoms with Gasteiger partial charge in [-0.1, -0.05) is 278 Å². The molecule has 4 N–H and O–H groups in total. The van der Waals surface area contributed by atoms with Crippen molar-refractivity contribution >= 4 is 110 Å². The first-order chi connectivity index (χ1) is 48.8. The molecule has 0 heterocycles. The van der Waals surface area contributed by atoms with E-state index < -0.39 is 23.7 Å². The molecule has 0 aromatic heterocycles. The lowest BCUT2D eigenvalue weighted by Crippen LogP contribution is -2.09. The zero-order valence-electron chi connectivity index (χ0n) is 61.2. The Labute approximate surface area is 613 Å². The summed E-state index contributed by atoms with van der Waals surface area (Å²) in [6.45, 7) is 16.0. The van der Waals surface area contributed by atoms with Crippen LogP contribution in [0.1, 0.15) is 305 Å². The lowest BCUT2D eigenvalue weighted by Gasteiger charge is -2.21. The average molecular weight is 1510 g/mol. The van der Waals surface area contributed by atoms with Gasteiger partial charge in [0.25, 0.3) is 0 Å². The summed E-state index contributed by atoms with van der Waals surface area (Å²) in [4.78, 5) is 36.3. The van der Waals surface area contributed by atoms with Gasteiger partial charge in [-0.2, -0.15) is 0 Å². The molecule has 7 rings (SSSR count). The number of rotatable bonds is 54. The minimum absolute atomic E-state index is 0.0650. The van der Waals surface area contributed by atoms with Crippen LogP contribution in [0.2, 0.25) is 0 Å². The first-order valence-electron chi connectivity index (χ1n) is 38.6. The number of fused-ring (bicyclic) bond motifs is 2. The number of hydrogen-bond donors (Lipinski definition) is 4. The van der Waals surface area contributed by atoms with Crippen LogP contribution >= 0.6 is 31.9 Å². The molecule has 100 heavy (non-hydrogen) atoms. The van der Waals surface area contributed by atoms with E-state index in [0.29, 0.717) is 132 Å². The molecule has 0 spiro atoms. The number of unbranched alkanes of at least 4 members (excludes halogenated alkanes) is 30. The molecule has 14 nitrogen and oxygen atoms in total. The molecule has 0 atom stereocenters. The van der Waals surface area contributed by atoms with Crippen molar-refractivity contribution in [1.82, 2.24) is 0 Å². The number of aromatic carboxylic acids is 2. The van der Waals surface area contributed by atoms with Gasteiger partial charge in [0.15, 0.2) is 23.0 Å². The molecule has 0 radical (unpaired) electrons. The molecule has 0 unspecified atom stereocenters. The Kier molecular flexibility index (Phi) is 36.2. The summed E-state index contributed by atoms with van der Waals surface area (Å²) in [5, 5.41) is 51.1. The number of carboxylic acid groups (broad SMARTS) is 2. The third kappa shape index (κ3) is 23.8. The maximum atomic E-state index is 13.1. The van der Waals surface area contributed by atoms with Crippen molar-refractivity contribution in [3.8, 4) is 34.5 Å². The molecule has 16 heteroatoms. The molecule has 0 bridgehead atoms. The summed E-state index contributed by atoms with van der Waals surface area (Å²) >= 11 is 7.68. The van der Waals surface area contributed by atoms with Crippen molar-refractivity contribution in [3.63, 3.8) is 0 Å². The number of aliphatic hydroxyl groups is 2. The van der Waals surface area contributed by atoms with Gasteiger partial charge in [0.1, 0.15) is 0 Å². The van der Waals surface area contributed by atoms with Crippen LogP contribution in [-0.2, 0) is 0 Å². The fraction of sp³-hybridized carbons (Fsp3) is 0.571. The highest BCUT2D eigenvalue weighted by atomic mass is 79.9. The summed E-state index contributed by atoms with van der Waals surface area (Å²) in [6.07, 6.45) is 39.3. The maximum Gasteiger partial charge on any atom is 0.336 e. The summed E-state index contributed by atoms with van der Waals surface area (Å²) in [5.41, 5.74) is 0.803. The third-order valence-electron chi connectivity index (χ3n) is 18.9. The van der Waals surface area contributed by atoms with Crippen LogP contribution in [-0.4, -0.2) is 83.8 Å². The van der Waals surface area contributed by atoms with Crippen molar-refractivity contribution < 1.29 is 58.4 Å². The molecule has 0 saturated heterocycles. The molecule has 7 aromatic carbocycles. The SMILES string of the molecule is CCCCCCCCOc1cc(N=C(O)c2ccc3c4c(Br)cc(C(=O)O)c5c(C(=O)O)ccc(c6c(Br)cc(C(O)=Nc7cc(OCCCCCCCC)c(OCCCCCCCC)c(OCCCCCCCC)c7)c2c36)c54)cc(OCCCCCCCC)c1OCCCCCCCC. The quantitative estimate of drug-likeness (QED) is 0.00928. The smallest absolute Gasteiger partial charge is 0.336 e. The van der Waals surface area contributed by atoms with E-state index in [1.54, 1.807) is 42.5 Å². The van der Waals surface area contributed by atoms with Gasteiger partial charge in [-0.25, -0.2) is 19.6 Å². The predicted molar refractivity (Wildman–Crippen MR) is 421 cm³/mol. The Morgan fingerprint density at radius 1 is 0.300 bits per heavy atom. The Balaban J connectivity index is 1.46. The average Bonchev–Trinajstić information content (AvgIpc) is 0.694. The topological polar surface area (TPSA) is 195 Å². The predicted octanol–water partition coefficient (Wildman–Crippen LogP) is 26.4. The van der Waals surface area contributed by atoms with E-state index in [1.807, 2.05) is 6.07 Å². The Morgan fingerprint density at radius 3 is 0.870 bits per heavy atom. The second-order valence-corrected chi connectivity index (χ2v) is 28.8. The van der Waals surface area contributed by atoms with Crippen molar-refractivity contribution in [1.29, 1.82) is 0 Å². The van der Waals surface area contributed by atoms with Crippen molar-refractivity contribution in [2.75, 3.05) is 39.6 Å². The number of carbonyl (C=O) groups is 2. The van der Waals surface area contributed by atoms with Crippen LogP contribution in [0.25, 0.3) is 43.1 Å².